The Balaban J connectivity index is 1.66. The zero-order valence-electron chi connectivity index (χ0n) is 20.1. The molecule has 0 aromatic heterocycles. The van der Waals surface area contributed by atoms with Crippen LogP contribution in [0.2, 0.25) is 0 Å². The van der Waals surface area contributed by atoms with Gasteiger partial charge in [-0.05, 0) is 89.8 Å². The molecule has 4 aromatic carbocycles. The van der Waals surface area contributed by atoms with Crippen LogP contribution in [-0.2, 0) is 18.0 Å². The molecule has 6 rings (SSSR count). The standard InChI is InChI=1S/C32H27F3/c1-19-16-20(2)29(21(3)17-19)30-25-9-5-7-11-27(25)31(23-12-14-24(15-13-23)32(33,34)35)26-10-6-4-8-22(26)18-28(30)31/h4-17,28,30H,18H2,1-3H3/t28-,30?,31+/m1/s1. The first-order chi connectivity index (χ1) is 16.7. The summed E-state index contributed by atoms with van der Waals surface area (Å²) in [6.07, 6.45) is -3.46. The number of halogens is 3. The third-order valence-electron chi connectivity index (χ3n) is 8.28. The van der Waals surface area contributed by atoms with Crippen LogP contribution in [-0.4, -0.2) is 0 Å². The second-order valence-corrected chi connectivity index (χ2v) is 10.2. The van der Waals surface area contributed by atoms with Gasteiger partial charge < -0.3 is 0 Å². The van der Waals surface area contributed by atoms with Crippen LogP contribution in [0, 0.1) is 26.7 Å². The van der Waals surface area contributed by atoms with Gasteiger partial charge in [0.2, 0.25) is 0 Å². The summed E-state index contributed by atoms with van der Waals surface area (Å²) < 4.78 is 40.3. The molecule has 1 unspecified atom stereocenters. The van der Waals surface area contributed by atoms with Crippen molar-refractivity contribution < 1.29 is 13.2 Å². The van der Waals surface area contributed by atoms with E-state index in [9.17, 15) is 13.2 Å². The van der Waals surface area contributed by atoms with Crippen LogP contribution >= 0.6 is 0 Å². The molecule has 0 bridgehead atoms. The maximum Gasteiger partial charge on any atom is 0.416 e. The molecule has 0 saturated heterocycles. The van der Waals surface area contributed by atoms with Crippen molar-refractivity contribution in [3.63, 3.8) is 0 Å². The Morgan fingerprint density at radius 3 is 2.00 bits per heavy atom. The molecular weight excluding hydrogens is 441 g/mol. The van der Waals surface area contributed by atoms with Crippen molar-refractivity contribution in [3.05, 3.63) is 141 Å². The summed E-state index contributed by atoms with van der Waals surface area (Å²) in [5.74, 6) is 0.357. The number of fused-ring (bicyclic) bond motifs is 5. The SMILES string of the molecule is Cc1cc(C)c(C2c3ccccc3[C@]3(c4ccc(C(F)(F)F)cc4)c4ccccc4C[C@H]23)c(C)c1. The molecule has 3 heteroatoms. The summed E-state index contributed by atoms with van der Waals surface area (Å²) >= 11 is 0. The van der Waals surface area contributed by atoms with Crippen molar-refractivity contribution in [3.8, 4) is 0 Å². The molecular formula is C32H27F3. The van der Waals surface area contributed by atoms with Gasteiger partial charge in [0.05, 0.1) is 5.56 Å². The molecule has 0 spiro atoms. The fourth-order valence-electron chi connectivity index (χ4n) is 7.22. The van der Waals surface area contributed by atoms with E-state index >= 15 is 0 Å². The van der Waals surface area contributed by atoms with Gasteiger partial charge in [0.25, 0.3) is 0 Å². The molecule has 0 fully saturated rings. The normalized spacial score (nSPS) is 22.6. The number of hydrogen-bond donors (Lipinski definition) is 0. The summed E-state index contributed by atoms with van der Waals surface area (Å²) in [5.41, 5.74) is 10.1. The third-order valence-corrected chi connectivity index (χ3v) is 8.28. The molecule has 35 heavy (non-hydrogen) atoms. The van der Waals surface area contributed by atoms with Crippen LogP contribution < -0.4 is 0 Å². The van der Waals surface area contributed by atoms with E-state index in [-0.39, 0.29) is 11.8 Å². The van der Waals surface area contributed by atoms with Crippen LogP contribution in [0.3, 0.4) is 0 Å². The fourth-order valence-corrected chi connectivity index (χ4v) is 7.22. The summed E-state index contributed by atoms with van der Waals surface area (Å²) in [4.78, 5) is 0. The van der Waals surface area contributed by atoms with Crippen molar-refractivity contribution in [2.24, 2.45) is 5.92 Å². The lowest BCUT2D eigenvalue weighted by Gasteiger charge is -2.35. The van der Waals surface area contributed by atoms with Crippen molar-refractivity contribution >= 4 is 0 Å². The molecule has 0 amide bonds. The van der Waals surface area contributed by atoms with E-state index in [0.717, 1.165) is 12.0 Å². The van der Waals surface area contributed by atoms with Gasteiger partial charge in [-0.3, -0.25) is 0 Å². The number of rotatable bonds is 2. The zero-order chi connectivity index (χ0) is 24.5. The van der Waals surface area contributed by atoms with Crippen LogP contribution in [0.4, 0.5) is 13.2 Å². The first kappa shape index (κ1) is 22.2. The number of hydrogen-bond acceptors (Lipinski definition) is 0. The van der Waals surface area contributed by atoms with E-state index in [0.29, 0.717) is 0 Å². The molecule has 0 N–H and O–H groups in total. The van der Waals surface area contributed by atoms with Crippen LogP contribution in [0.5, 0.6) is 0 Å². The Morgan fingerprint density at radius 2 is 1.34 bits per heavy atom. The average molecular weight is 469 g/mol. The van der Waals surface area contributed by atoms with E-state index in [1.165, 1.54) is 56.6 Å². The molecule has 0 nitrogen and oxygen atoms in total. The van der Waals surface area contributed by atoms with Crippen LogP contribution in [0.25, 0.3) is 0 Å². The summed E-state index contributed by atoms with van der Waals surface area (Å²) in [5, 5.41) is 0. The maximum atomic E-state index is 13.4. The maximum absolute atomic E-state index is 13.4. The zero-order valence-corrected chi connectivity index (χ0v) is 20.1. The Bertz CT molecular complexity index is 1420. The third kappa shape index (κ3) is 3.07. The van der Waals surface area contributed by atoms with Gasteiger partial charge in [-0.15, -0.1) is 0 Å². The number of alkyl halides is 3. The minimum atomic E-state index is -4.35. The highest BCUT2D eigenvalue weighted by Crippen LogP contribution is 2.64. The van der Waals surface area contributed by atoms with E-state index < -0.39 is 17.2 Å². The highest BCUT2D eigenvalue weighted by Gasteiger charge is 2.58. The Hall–Kier alpha value is -3.33. The minimum Gasteiger partial charge on any atom is -0.166 e. The second kappa shape index (κ2) is 7.58. The Kier molecular flexibility index (Phi) is 4.80. The van der Waals surface area contributed by atoms with Crippen molar-refractivity contribution in [2.45, 2.75) is 44.7 Å². The Morgan fingerprint density at radius 1 is 0.743 bits per heavy atom. The van der Waals surface area contributed by atoms with Gasteiger partial charge in [-0.1, -0.05) is 78.4 Å². The van der Waals surface area contributed by atoms with E-state index in [1.807, 2.05) is 0 Å². The van der Waals surface area contributed by atoms with Crippen molar-refractivity contribution in [1.29, 1.82) is 0 Å². The summed E-state index contributed by atoms with van der Waals surface area (Å²) in [6, 6.07) is 27.5. The molecule has 0 heterocycles. The van der Waals surface area contributed by atoms with E-state index in [1.54, 1.807) is 12.1 Å². The van der Waals surface area contributed by atoms with Gasteiger partial charge in [0.15, 0.2) is 0 Å². The molecule has 0 radical (unpaired) electrons. The molecule has 3 atom stereocenters. The van der Waals surface area contributed by atoms with Gasteiger partial charge in [0, 0.05) is 11.3 Å². The highest BCUT2D eigenvalue weighted by atomic mass is 19.4. The van der Waals surface area contributed by atoms with Crippen LogP contribution in [0.15, 0.2) is 84.9 Å². The topological polar surface area (TPSA) is 0 Å². The monoisotopic (exact) mass is 468 g/mol. The predicted octanol–water partition coefficient (Wildman–Crippen LogP) is 8.28. The lowest BCUT2D eigenvalue weighted by molar-refractivity contribution is -0.137. The summed E-state index contributed by atoms with van der Waals surface area (Å²) in [7, 11) is 0. The molecule has 0 aliphatic heterocycles. The lowest BCUT2D eigenvalue weighted by Crippen LogP contribution is -2.32. The Labute approximate surface area is 204 Å². The predicted molar refractivity (Wildman–Crippen MR) is 134 cm³/mol. The molecule has 4 aromatic rings. The lowest BCUT2D eigenvalue weighted by atomic mass is 9.66. The van der Waals surface area contributed by atoms with Crippen molar-refractivity contribution in [2.75, 3.05) is 0 Å². The number of aryl methyl sites for hydroxylation is 3. The largest absolute Gasteiger partial charge is 0.416 e. The second-order valence-electron chi connectivity index (χ2n) is 10.2. The van der Waals surface area contributed by atoms with Gasteiger partial charge in [0.1, 0.15) is 0 Å². The quantitative estimate of drug-likeness (QED) is 0.278. The molecule has 2 aliphatic carbocycles. The summed E-state index contributed by atoms with van der Waals surface area (Å²) in [6.45, 7) is 6.51. The highest BCUT2D eigenvalue weighted by molar-refractivity contribution is 5.67. The van der Waals surface area contributed by atoms with E-state index in [2.05, 4.69) is 81.4 Å². The minimum absolute atomic E-state index is 0.168. The first-order valence-corrected chi connectivity index (χ1v) is 12.2. The van der Waals surface area contributed by atoms with Gasteiger partial charge in [-0.25, -0.2) is 0 Å². The molecule has 2 aliphatic rings. The molecule has 0 saturated carbocycles. The smallest absolute Gasteiger partial charge is 0.166 e. The van der Waals surface area contributed by atoms with E-state index in [4.69, 9.17) is 0 Å². The molecule has 176 valence electrons. The fraction of sp³-hybridized carbons (Fsp3) is 0.250. The van der Waals surface area contributed by atoms with Crippen molar-refractivity contribution in [1.82, 2.24) is 0 Å². The average Bonchev–Trinajstić information content (AvgIpc) is 3.29. The van der Waals surface area contributed by atoms with Crippen LogP contribution in [0.1, 0.15) is 61.6 Å². The van der Waals surface area contributed by atoms with Gasteiger partial charge in [-0.2, -0.15) is 13.2 Å². The van der Waals surface area contributed by atoms with Gasteiger partial charge >= 0.3 is 6.18 Å². The first-order valence-electron chi connectivity index (χ1n) is 12.2. The number of benzene rings is 4.